The van der Waals surface area contributed by atoms with Crippen molar-refractivity contribution in [2.75, 3.05) is 11.5 Å². The normalized spacial score (nSPS) is 20.9. The Morgan fingerprint density at radius 3 is 2.50 bits per heavy atom. The molecular weight excluding hydrogens is 278 g/mol. The van der Waals surface area contributed by atoms with Gasteiger partial charge in [-0.15, -0.1) is 0 Å². The fourth-order valence-electron chi connectivity index (χ4n) is 1.83. The Hall–Kier alpha value is -0.930. The smallest absolute Gasteiger partial charge is 0.257 e. The van der Waals surface area contributed by atoms with Crippen molar-refractivity contribution in [3.63, 3.8) is 0 Å². The topological polar surface area (TPSA) is 109 Å². The second-order valence-corrected chi connectivity index (χ2v) is 8.37. The van der Waals surface area contributed by atoms with Crippen LogP contribution >= 0.6 is 0 Å². The largest absolute Gasteiger partial charge is 0.332 e. The van der Waals surface area contributed by atoms with Crippen LogP contribution in [0.2, 0.25) is 0 Å². The van der Waals surface area contributed by atoms with Gasteiger partial charge in [0.15, 0.2) is 5.03 Å². The Labute approximate surface area is 106 Å². The van der Waals surface area contributed by atoms with Crippen LogP contribution in [0.15, 0.2) is 11.2 Å². The van der Waals surface area contributed by atoms with Gasteiger partial charge in [-0.1, -0.05) is 0 Å². The van der Waals surface area contributed by atoms with Crippen LogP contribution < -0.4 is 4.72 Å². The van der Waals surface area contributed by atoms with Crippen molar-refractivity contribution in [3.05, 3.63) is 12.0 Å². The van der Waals surface area contributed by atoms with Crippen LogP contribution in [0.4, 0.5) is 0 Å². The minimum Gasteiger partial charge on any atom is -0.332 e. The van der Waals surface area contributed by atoms with Gasteiger partial charge in [0.25, 0.3) is 10.0 Å². The first-order valence-electron chi connectivity index (χ1n) is 5.53. The number of sulfone groups is 1. The molecule has 102 valence electrons. The van der Waals surface area contributed by atoms with E-state index in [0.29, 0.717) is 18.7 Å². The Morgan fingerprint density at radius 1 is 1.39 bits per heavy atom. The summed E-state index contributed by atoms with van der Waals surface area (Å²) in [7, 11) is -6.63. The first-order chi connectivity index (χ1) is 8.28. The van der Waals surface area contributed by atoms with E-state index >= 15 is 0 Å². The number of nitrogens with one attached hydrogen (secondary N) is 2. The monoisotopic (exact) mass is 293 g/mol. The first kappa shape index (κ1) is 13.5. The molecule has 7 nitrogen and oxygen atoms in total. The summed E-state index contributed by atoms with van der Waals surface area (Å²) in [6.45, 7) is 1.66. The maximum Gasteiger partial charge on any atom is 0.257 e. The van der Waals surface area contributed by atoms with Gasteiger partial charge in [0.05, 0.1) is 17.7 Å². The molecule has 0 spiro atoms. The molecule has 0 amide bonds. The molecule has 2 N–H and O–H groups in total. The lowest BCUT2D eigenvalue weighted by molar-refractivity contribution is 0.504. The van der Waals surface area contributed by atoms with E-state index in [-0.39, 0.29) is 22.6 Å². The number of aromatic nitrogens is 2. The van der Waals surface area contributed by atoms with Crippen molar-refractivity contribution in [2.24, 2.45) is 0 Å². The predicted molar refractivity (Wildman–Crippen MR) is 65.3 cm³/mol. The van der Waals surface area contributed by atoms with Crippen molar-refractivity contribution in [1.29, 1.82) is 0 Å². The van der Waals surface area contributed by atoms with Gasteiger partial charge >= 0.3 is 0 Å². The third-order valence-corrected chi connectivity index (χ3v) is 5.99. The standard InChI is InChI=1S/C9H15N3O4S2/c1-7-10-6-9(11-7)18(15,16)12-8-2-4-17(13,14)5-3-8/h6,8,12H,2-5H2,1H3,(H,10,11). The highest BCUT2D eigenvalue weighted by molar-refractivity contribution is 7.91. The molecule has 1 aliphatic rings. The fourth-order valence-corrected chi connectivity index (χ4v) is 4.59. The molecule has 0 aliphatic carbocycles. The maximum atomic E-state index is 11.9. The van der Waals surface area contributed by atoms with Gasteiger partial charge in [0, 0.05) is 6.04 Å². The fraction of sp³-hybridized carbons (Fsp3) is 0.667. The van der Waals surface area contributed by atoms with Gasteiger partial charge in [-0.25, -0.2) is 26.5 Å². The van der Waals surface area contributed by atoms with E-state index < -0.39 is 19.9 Å². The Bertz CT molecular complexity index is 619. The molecular formula is C9H15N3O4S2. The highest BCUT2D eigenvalue weighted by Crippen LogP contribution is 2.15. The second-order valence-electron chi connectivity index (χ2n) is 4.38. The number of aryl methyl sites for hydroxylation is 1. The molecule has 0 saturated carbocycles. The molecule has 0 aromatic carbocycles. The summed E-state index contributed by atoms with van der Waals surface area (Å²) in [5, 5.41) is 0.00781. The van der Waals surface area contributed by atoms with Crippen LogP contribution in [0.25, 0.3) is 0 Å². The summed E-state index contributed by atoms with van der Waals surface area (Å²) in [4.78, 5) is 6.47. The molecule has 0 unspecified atom stereocenters. The van der Waals surface area contributed by atoms with Crippen molar-refractivity contribution >= 4 is 19.9 Å². The number of aromatic amines is 1. The lowest BCUT2D eigenvalue weighted by Gasteiger charge is -2.22. The number of imidazole rings is 1. The summed E-state index contributed by atoms with van der Waals surface area (Å²) in [5.74, 6) is 0.575. The number of hydrogen-bond donors (Lipinski definition) is 2. The van der Waals surface area contributed by atoms with E-state index in [1.807, 2.05) is 0 Å². The van der Waals surface area contributed by atoms with E-state index in [1.54, 1.807) is 6.92 Å². The summed E-state index contributed by atoms with van der Waals surface area (Å²) < 4.78 is 48.9. The Morgan fingerprint density at radius 2 is 2.00 bits per heavy atom. The van der Waals surface area contributed by atoms with Crippen LogP contribution in [-0.4, -0.2) is 44.4 Å². The van der Waals surface area contributed by atoms with Crippen molar-refractivity contribution < 1.29 is 16.8 Å². The van der Waals surface area contributed by atoms with Crippen molar-refractivity contribution in [1.82, 2.24) is 14.7 Å². The summed E-state index contributed by atoms with van der Waals surface area (Å²) in [5.41, 5.74) is 0. The van der Waals surface area contributed by atoms with Gasteiger partial charge < -0.3 is 4.98 Å². The number of H-pyrrole nitrogens is 1. The summed E-state index contributed by atoms with van der Waals surface area (Å²) >= 11 is 0. The molecule has 9 heteroatoms. The third-order valence-electron chi connectivity index (χ3n) is 2.85. The van der Waals surface area contributed by atoms with Gasteiger partial charge in [0.2, 0.25) is 0 Å². The average Bonchev–Trinajstić information content (AvgIpc) is 2.69. The van der Waals surface area contributed by atoms with Crippen molar-refractivity contribution in [3.8, 4) is 0 Å². The number of sulfonamides is 1. The zero-order valence-electron chi connectivity index (χ0n) is 9.88. The quantitative estimate of drug-likeness (QED) is 0.786. The molecule has 1 aliphatic heterocycles. The molecule has 1 aromatic heterocycles. The molecule has 1 fully saturated rings. The molecule has 1 saturated heterocycles. The molecule has 1 aromatic rings. The highest BCUT2D eigenvalue weighted by Gasteiger charge is 2.28. The molecule has 0 atom stereocenters. The maximum absolute atomic E-state index is 11.9. The molecule has 2 rings (SSSR count). The van der Waals surface area contributed by atoms with Crippen LogP contribution in [-0.2, 0) is 19.9 Å². The SMILES string of the molecule is Cc1ncc(S(=O)(=O)NC2CCS(=O)(=O)CC2)[nH]1. The zero-order chi connectivity index (χ0) is 13.4. The van der Waals surface area contributed by atoms with E-state index in [9.17, 15) is 16.8 Å². The van der Waals surface area contributed by atoms with E-state index in [1.165, 1.54) is 6.20 Å². The number of hydrogen-bond acceptors (Lipinski definition) is 5. The second kappa shape index (κ2) is 4.63. The number of rotatable bonds is 3. The molecule has 0 radical (unpaired) electrons. The van der Waals surface area contributed by atoms with Crippen LogP contribution in [0.1, 0.15) is 18.7 Å². The molecule has 18 heavy (non-hydrogen) atoms. The van der Waals surface area contributed by atoms with Gasteiger partial charge in [-0.2, -0.15) is 0 Å². The number of nitrogens with zero attached hydrogens (tertiary/aromatic N) is 1. The highest BCUT2D eigenvalue weighted by atomic mass is 32.2. The van der Waals surface area contributed by atoms with Crippen molar-refractivity contribution in [2.45, 2.75) is 30.8 Å². The molecule has 2 heterocycles. The van der Waals surface area contributed by atoms with E-state index in [2.05, 4.69) is 14.7 Å². The third kappa shape index (κ3) is 3.09. The lowest BCUT2D eigenvalue weighted by atomic mass is 10.2. The van der Waals surface area contributed by atoms with Gasteiger partial charge in [-0.3, -0.25) is 0 Å². The minimum atomic E-state index is -3.64. The summed E-state index contributed by atoms with van der Waals surface area (Å²) in [6, 6.07) is -0.331. The summed E-state index contributed by atoms with van der Waals surface area (Å²) in [6.07, 6.45) is 1.88. The average molecular weight is 293 g/mol. The van der Waals surface area contributed by atoms with Gasteiger partial charge in [-0.05, 0) is 19.8 Å². The molecule has 0 bridgehead atoms. The van der Waals surface area contributed by atoms with Crippen LogP contribution in [0, 0.1) is 6.92 Å². The van der Waals surface area contributed by atoms with E-state index in [4.69, 9.17) is 0 Å². The first-order valence-corrected chi connectivity index (χ1v) is 8.83. The lowest BCUT2D eigenvalue weighted by Crippen LogP contribution is -2.40. The van der Waals surface area contributed by atoms with Gasteiger partial charge in [0.1, 0.15) is 15.7 Å². The Kier molecular flexibility index (Phi) is 3.47. The zero-order valence-corrected chi connectivity index (χ0v) is 11.5. The van der Waals surface area contributed by atoms with Crippen LogP contribution in [0.5, 0.6) is 0 Å². The van der Waals surface area contributed by atoms with E-state index in [0.717, 1.165) is 0 Å². The predicted octanol–water partition coefficient (Wildman–Crippen LogP) is -0.426. The minimum absolute atomic E-state index is 0.00781. The Balaban J connectivity index is 2.06. The van der Waals surface area contributed by atoms with Crippen LogP contribution in [0.3, 0.4) is 0 Å².